The molecule has 0 radical (unpaired) electrons. The van der Waals surface area contributed by atoms with E-state index in [0.717, 1.165) is 18.4 Å². The molecule has 1 rings (SSSR count). The smallest absolute Gasteiger partial charge is 0.177 e. The van der Waals surface area contributed by atoms with Crippen LogP contribution in [0.2, 0.25) is 0 Å². The second-order valence-corrected chi connectivity index (χ2v) is 3.04. The molecule has 2 heteroatoms. The predicted molar refractivity (Wildman–Crippen MR) is 53.2 cm³/mol. The van der Waals surface area contributed by atoms with E-state index >= 15 is 0 Å². The Labute approximate surface area is 79.2 Å². The molecule has 0 bridgehead atoms. The highest BCUT2D eigenvalue weighted by molar-refractivity contribution is 5.15. The van der Waals surface area contributed by atoms with Crippen LogP contribution in [-0.2, 0) is 4.74 Å². The molecule has 1 fully saturated rings. The third-order valence-corrected chi connectivity index (χ3v) is 1.99. The first-order valence-corrected chi connectivity index (χ1v) is 4.59. The monoisotopic (exact) mass is 180 g/mol. The van der Waals surface area contributed by atoms with Crippen molar-refractivity contribution >= 4 is 0 Å². The van der Waals surface area contributed by atoms with Crippen molar-refractivity contribution in [3.63, 3.8) is 0 Å². The van der Waals surface area contributed by atoms with E-state index in [9.17, 15) is 5.11 Å². The van der Waals surface area contributed by atoms with Gasteiger partial charge < -0.3 is 9.84 Å². The first-order chi connectivity index (χ1) is 6.27. The fraction of sp³-hybridized carbons (Fsp3) is 0.455. The molecule has 1 N–H and O–H groups in total. The number of aliphatic hydroxyl groups excluding tert-OH is 1. The molecule has 0 aromatic carbocycles. The molecule has 0 spiro atoms. The van der Waals surface area contributed by atoms with E-state index in [1.807, 2.05) is 25.2 Å². The van der Waals surface area contributed by atoms with Crippen molar-refractivity contribution in [2.75, 3.05) is 0 Å². The van der Waals surface area contributed by atoms with E-state index in [0.29, 0.717) is 0 Å². The lowest BCUT2D eigenvalue weighted by molar-refractivity contribution is -0.0615. The highest BCUT2D eigenvalue weighted by atomic mass is 16.6. The van der Waals surface area contributed by atoms with Crippen molar-refractivity contribution in [2.24, 2.45) is 0 Å². The molecule has 2 unspecified atom stereocenters. The molecule has 2 nitrogen and oxygen atoms in total. The van der Waals surface area contributed by atoms with Crippen LogP contribution in [0.15, 0.2) is 36.5 Å². The van der Waals surface area contributed by atoms with Crippen molar-refractivity contribution in [2.45, 2.75) is 32.2 Å². The summed E-state index contributed by atoms with van der Waals surface area (Å²) in [5.41, 5.74) is 0.987. The summed E-state index contributed by atoms with van der Waals surface area (Å²) in [6.07, 6.45) is 8.50. The van der Waals surface area contributed by atoms with Crippen LogP contribution in [0.4, 0.5) is 0 Å². The fourth-order valence-electron chi connectivity index (χ4n) is 1.40. The van der Waals surface area contributed by atoms with Crippen molar-refractivity contribution in [1.82, 2.24) is 0 Å². The first kappa shape index (κ1) is 10.2. The average Bonchev–Trinajstić information content (AvgIpc) is 2.45. The second kappa shape index (κ2) is 5.00. The zero-order valence-corrected chi connectivity index (χ0v) is 7.94. The van der Waals surface area contributed by atoms with E-state index < -0.39 is 6.29 Å². The molecule has 1 heterocycles. The molecule has 0 aliphatic carbocycles. The SMILES string of the molecule is C=C/C=C/C1C/C(=C\CC)C(O)O1. The number of ether oxygens (including phenoxy) is 1. The summed E-state index contributed by atoms with van der Waals surface area (Å²) >= 11 is 0. The van der Waals surface area contributed by atoms with E-state index in [1.54, 1.807) is 6.08 Å². The molecule has 2 atom stereocenters. The molecule has 1 aliphatic rings. The molecule has 1 saturated heterocycles. The van der Waals surface area contributed by atoms with E-state index in [1.165, 1.54) is 0 Å². The Morgan fingerprint density at radius 2 is 2.46 bits per heavy atom. The molecule has 1 aliphatic heterocycles. The van der Waals surface area contributed by atoms with Crippen LogP contribution in [0.3, 0.4) is 0 Å². The number of hydrogen-bond donors (Lipinski definition) is 1. The van der Waals surface area contributed by atoms with Gasteiger partial charge in [-0.1, -0.05) is 37.8 Å². The minimum absolute atomic E-state index is 0.00537. The Morgan fingerprint density at radius 3 is 3.08 bits per heavy atom. The van der Waals surface area contributed by atoms with Gasteiger partial charge in [0, 0.05) is 6.42 Å². The van der Waals surface area contributed by atoms with Gasteiger partial charge in [0.15, 0.2) is 6.29 Å². The predicted octanol–water partition coefficient (Wildman–Crippen LogP) is 2.17. The van der Waals surface area contributed by atoms with Gasteiger partial charge in [-0.05, 0) is 12.0 Å². The summed E-state index contributed by atoms with van der Waals surface area (Å²) in [5, 5.41) is 9.44. The van der Waals surface area contributed by atoms with Gasteiger partial charge in [-0.3, -0.25) is 0 Å². The number of rotatable bonds is 3. The molecule has 0 saturated carbocycles. The number of aliphatic hydroxyl groups is 1. The zero-order chi connectivity index (χ0) is 9.68. The molecule has 72 valence electrons. The van der Waals surface area contributed by atoms with Crippen molar-refractivity contribution in [3.05, 3.63) is 36.5 Å². The van der Waals surface area contributed by atoms with Gasteiger partial charge in [-0.2, -0.15) is 0 Å². The lowest BCUT2D eigenvalue weighted by Crippen LogP contribution is -2.08. The summed E-state index contributed by atoms with van der Waals surface area (Å²) in [7, 11) is 0. The lowest BCUT2D eigenvalue weighted by atomic mass is 10.1. The van der Waals surface area contributed by atoms with Gasteiger partial charge in [0.05, 0.1) is 6.10 Å². The maximum atomic E-state index is 9.44. The Kier molecular flexibility index (Phi) is 3.93. The summed E-state index contributed by atoms with van der Waals surface area (Å²) in [6, 6.07) is 0. The highest BCUT2D eigenvalue weighted by Gasteiger charge is 2.25. The topological polar surface area (TPSA) is 29.5 Å². The molecular weight excluding hydrogens is 164 g/mol. The minimum Gasteiger partial charge on any atom is -0.364 e. The van der Waals surface area contributed by atoms with Gasteiger partial charge in [0.2, 0.25) is 0 Å². The van der Waals surface area contributed by atoms with Crippen LogP contribution in [0.1, 0.15) is 19.8 Å². The van der Waals surface area contributed by atoms with Crippen LogP contribution in [0.25, 0.3) is 0 Å². The van der Waals surface area contributed by atoms with Crippen LogP contribution < -0.4 is 0 Å². The summed E-state index contributed by atoms with van der Waals surface area (Å²) in [5.74, 6) is 0. The van der Waals surface area contributed by atoms with Gasteiger partial charge in [-0.25, -0.2) is 0 Å². The van der Waals surface area contributed by atoms with Gasteiger partial charge in [-0.15, -0.1) is 0 Å². The average molecular weight is 180 g/mol. The van der Waals surface area contributed by atoms with Gasteiger partial charge in [0.1, 0.15) is 0 Å². The summed E-state index contributed by atoms with van der Waals surface area (Å²) in [6.45, 7) is 5.62. The molecule has 0 aromatic rings. The Hall–Kier alpha value is -0.860. The Bertz CT molecular complexity index is 228. The molecule has 0 aromatic heterocycles. The molecular formula is C11H16O2. The first-order valence-electron chi connectivity index (χ1n) is 4.59. The van der Waals surface area contributed by atoms with E-state index in [2.05, 4.69) is 6.58 Å². The largest absolute Gasteiger partial charge is 0.364 e. The Balaban J connectivity index is 2.54. The minimum atomic E-state index is -0.709. The van der Waals surface area contributed by atoms with Gasteiger partial charge in [0.25, 0.3) is 0 Å². The third-order valence-electron chi connectivity index (χ3n) is 1.99. The summed E-state index contributed by atoms with van der Waals surface area (Å²) < 4.78 is 5.28. The second-order valence-electron chi connectivity index (χ2n) is 3.04. The molecule has 13 heavy (non-hydrogen) atoms. The summed E-state index contributed by atoms with van der Waals surface area (Å²) in [4.78, 5) is 0. The van der Waals surface area contributed by atoms with Crippen molar-refractivity contribution < 1.29 is 9.84 Å². The number of hydrogen-bond acceptors (Lipinski definition) is 2. The highest BCUT2D eigenvalue weighted by Crippen LogP contribution is 2.25. The van der Waals surface area contributed by atoms with Crippen molar-refractivity contribution in [3.8, 4) is 0 Å². The standard InChI is InChI=1S/C11H16O2/c1-3-5-7-10-8-9(6-4-2)11(12)13-10/h3,5-7,10-12H,1,4,8H2,2H3/b7-5+,9-6+. The zero-order valence-electron chi connectivity index (χ0n) is 7.94. The lowest BCUT2D eigenvalue weighted by Gasteiger charge is -2.03. The third kappa shape index (κ3) is 2.83. The van der Waals surface area contributed by atoms with Gasteiger partial charge >= 0.3 is 0 Å². The van der Waals surface area contributed by atoms with E-state index in [-0.39, 0.29) is 6.10 Å². The van der Waals surface area contributed by atoms with E-state index in [4.69, 9.17) is 4.74 Å². The van der Waals surface area contributed by atoms with Crippen molar-refractivity contribution in [1.29, 1.82) is 0 Å². The van der Waals surface area contributed by atoms with Crippen LogP contribution in [0.5, 0.6) is 0 Å². The fourth-order valence-corrected chi connectivity index (χ4v) is 1.40. The maximum Gasteiger partial charge on any atom is 0.177 e. The molecule has 0 amide bonds. The van der Waals surface area contributed by atoms with Crippen LogP contribution >= 0.6 is 0 Å². The normalized spacial score (nSPS) is 31.7. The maximum absolute atomic E-state index is 9.44. The quantitative estimate of drug-likeness (QED) is 0.533. The number of allylic oxidation sites excluding steroid dienone is 3. The Morgan fingerprint density at radius 1 is 1.69 bits per heavy atom. The van der Waals surface area contributed by atoms with Crippen LogP contribution in [0, 0.1) is 0 Å². The van der Waals surface area contributed by atoms with Crippen LogP contribution in [-0.4, -0.2) is 17.5 Å².